The number of para-hydroxylation sites is 2. The van der Waals surface area contributed by atoms with Crippen molar-refractivity contribution in [3.05, 3.63) is 54.1 Å². The van der Waals surface area contributed by atoms with Crippen molar-refractivity contribution in [3.63, 3.8) is 0 Å². The van der Waals surface area contributed by atoms with Gasteiger partial charge in [-0.1, -0.05) is 12.1 Å². The number of amides is 3. The number of rotatable bonds is 6. The second kappa shape index (κ2) is 10.0. The molecule has 178 valence electrons. The van der Waals surface area contributed by atoms with Gasteiger partial charge < -0.3 is 14.8 Å². The first-order valence-corrected chi connectivity index (χ1v) is 11.5. The largest absolute Gasteiger partial charge is 0.495 e. The van der Waals surface area contributed by atoms with E-state index in [0.29, 0.717) is 30.0 Å². The summed E-state index contributed by atoms with van der Waals surface area (Å²) in [6, 6.07) is 12.7. The minimum absolute atomic E-state index is 0.173. The molecule has 2 aromatic carbocycles. The van der Waals surface area contributed by atoms with Gasteiger partial charge in [0.15, 0.2) is 6.61 Å². The number of ether oxygens (including phenoxy) is 2. The van der Waals surface area contributed by atoms with E-state index in [1.54, 1.807) is 24.3 Å². The molecular weight excluding hydrogens is 483 g/mol. The fraction of sp³-hybridized carbons (Fsp3) is 0.333. The molecule has 1 aliphatic heterocycles. The molecule has 0 aromatic heterocycles. The number of fused-ring (bicyclic) bond motifs is 1. The molecule has 4 atom stereocenters. The van der Waals surface area contributed by atoms with Crippen LogP contribution in [0, 0.1) is 11.8 Å². The third kappa shape index (κ3) is 4.74. The molecule has 1 saturated carbocycles. The Bertz CT molecular complexity index is 1090. The van der Waals surface area contributed by atoms with Crippen LogP contribution in [0.25, 0.3) is 0 Å². The van der Waals surface area contributed by atoms with Gasteiger partial charge in [0.25, 0.3) is 5.91 Å². The summed E-state index contributed by atoms with van der Waals surface area (Å²) in [6.45, 7) is -0.496. The van der Waals surface area contributed by atoms with Gasteiger partial charge in [-0.2, -0.15) is 0 Å². The van der Waals surface area contributed by atoms with Gasteiger partial charge in [0, 0.05) is 0 Å². The first kappa shape index (κ1) is 24.0. The number of anilines is 2. The van der Waals surface area contributed by atoms with Gasteiger partial charge in [-0.05, 0) is 49.2 Å². The van der Waals surface area contributed by atoms with E-state index >= 15 is 0 Å². The smallest absolute Gasteiger partial charge is 0.338 e. The van der Waals surface area contributed by atoms with Crippen LogP contribution in [-0.2, 0) is 19.1 Å². The van der Waals surface area contributed by atoms with Crippen LogP contribution >= 0.6 is 23.2 Å². The van der Waals surface area contributed by atoms with Crippen molar-refractivity contribution < 1.29 is 28.7 Å². The maximum absolute atomic E-state index is 12.9. The summed E-state index contributed by atoms with van der Waals surface area (Å²) in [5.41, 5.74) is 0.982. The zero-order chi connectivity index (χ0) is 24.4. The normalized spacial score (nSPS) is 23.9. The summed E-state index contributed by atoms with van der Waals surface area (Å²) in [6.07, 6.45) is 0.700. The van der Waals surface area contributed by atoms with Crippen LogP contribution in [0.15, 0.2) is 48.5 Å². The summed E-state index contributed by atoms with van der Waals surface area (Å²) in [7, 11) is 1.48. The van der Waals surface area contributed by atoms with Gasteiger partial charge in [0.1, 0.15) is 5.75 Å². The Morgan fingerprint density at radius 3 is 2.15 bits per heavy atom. The lowest BCUT2D eigenvalue weighted by molar-refractivity contribution is -0.122. The summed E-state index contributed by atoms with van der Waals surface area (Å²) in [5.74, 6) is -2.37. The van der Waals surface area contributed by atoms with Crippen LogP contribution in [-0.4, -0.2) is 48.2 Å². The number of hydrogen-bond donors (Lipinski definition) is 1. The van der Waals surface area contributed by atoms with Crippen LogP contribution < -0.4 is 15.0 Å². The highest BCUT2D eigenvalue weighted by atomic mass is 35.5. The van der Waals surface area contributed by atoms with Crippen LogP contribution in [0.5, 0.6) is 5.75 Å². The minimum atomic E-state index is -0.718. The van der Waals surface area contributed by atoms with Crippen molar-refractivity contribution in [1.82, 2.24) is 0 Å². The van der Waals surface area contributed by atoms with Gasteiger partial charge in [-0.25, -0.2) is 4.79 Å². The molecule has 1 heterocycles. The Labute approximate surface area is 206 Å². The summed E-state index contributed by atoms with van der Waals surface area (Å²) < 4.78 is 10.2. The van der Waals surface area contributed by atoms with E-state index in [1.807, 2.05) is 0 Å². The standard InChI is InChI=1S/C24H22Cl2N2O6/c1-33-20-5-3-2-4-19(20)27-21(29)12-34-24(32)13-6-8-14(9-7-13)28-22(30)15-10-17(25)18(26)11-16(15)23(28)31/h2-9,15-18H,10-12H2,1H3,(H,27,29)/t15-,16-,17+,18+/m1/s1. The molecule has 3 amide bonds. The Kier molecular flexibility index (Phi) is 7.09. The average Bonchev–Trinajstić information content (AvgIpc) is 3.07. The van der Waals surface area contributed by atoms with E-state index in [-0.39, 0.29) is 28.1 Å². The summed E-state index contributed by atoms with van der Waals surface area (Å²) in [5, 5.41) is 1.89. The first-order valence-electron chi connectivity index (χ1n) is 10.7. The van der Waals surface area contributed by atoms with Crippen molar-refractivity contribution >= 4 is 58.3 Å². The molecule has 0 spiro atoms. The van der Waals surface area contributed by atoms with E-state index in [1.165, 1.54) is 31.4 Å². The van der Waals surface area contributed by atoms with Crippen LogP contribution in [0.1, 0.15) is 23.2 Å². The van der Waals surface area contributed by atoms with E-state index in [2.05, 4.69) is 5.32 Å². The van der Waals surface area contributed by atoms with E-state index in [4.69, 9.17) is 32.7 Å². The maximum Gasteiger partial charge on any atom is 0.338 e. The van der Waals surface area contributed by atoms with Crippen molar-refractivity contribution in [2.45, 2.75) is 23.6 Å². The molecular formula is C24H22Cl2N2O6. The number of methoxy groups -OCH3 is 1. The van der Waals surface area contributed by atoms with Gasteiger partial charge in [0.2, 0.25) is 11.8 Å². The molecule has 0 unspecified atom stereocenters. The second-order valence-corrected chi connectivity index (χ2v) is 9.22. The van der Waals surface area contributed by atoms with Crippen molar-refractivity contribution in [2.24, 2.45) is 11.8 Å². The molecule has 2 fully saturated rings. The molecule has 34 heavy (non-hydrogen) atoms. The zero-order valence-corrected chi connectivity index (χ0v) is 19.7. The fourth-order valence-corrected chi connectivity index (χ4v) is 4.83. The number of carbonyl (C=O) groups is 4. The number of nitrogens with zero attached hydrogens (tertiary/aromatic N) is 1. The number of benzene rings is 2. The highest BCUT2D eigenvalue weighted by Gasteiger charge is 2.52. The third-order valence-corrected chi connectivity index (χ3v) is 7.08. The average molecular weight is 505 g/mol. The van der Waals surface area contributed by atoms with E-state index in [9.17, 15) is 19.2 Å². The SMILES string of the molecule is COc1ccccc1NC(=O)COC(=O)c1ccc(N2C(=O)[C@@H]3C[C@H](Cl)[C@@H](Cl)C[C@H]3C2=O)cc1. The molecule has 4 rings (SSSR count). The summed E-state index contributed by atoms with van der Waals surface area (Å²) in [4.78, 5) is 51.3. The fourth-order valence-electron chi connectivity index (χ4n) is 4.24. The number of halogens is 2. The monoisotopic (exact) mass is 504 g/mol. The maximum atomic E-state index is 12.9. The van der Waals surface area contributed by atoms with Gasteiger partial charge in [-0.15, -0.1) is 23.2 Å². The topological polar surface area (TPSA) is 102 Å². The molecule has 0 radical (unpaired) electrons. The molecule has 10 heteroatoms. The Morgan fingerprint density at radius 1 is 0.971 bits per heavy atom. The van der Waals surface area contributed by atoms with E-state index < -0.39 is 30.3 Å². The molecule has 2 aromatic rings. The molecule has 1 N–H and O–H groups in total. The number of hydrogen-bond acceptors (Lipinski definition) is 6. The number of esters is 1. The number of nitrogens with one attached hydrogen (secondary N) is 1. The molecule has 1 aliphatic carbocycles. The lowest BCUT2D eigenvalue weighted by atomic mass is 9.80. The number of imide groups is 1. The van der Waals surface area contributed by atoms with Gasteiger partial charge in [0.05, 0.1) is 46.6 Å². The molecule has 1 saturated heterocycles. The van der Waals surface area contributed by atoms with Crippen molar-refractivity contribution in [3.8, 4) is 5.75 Å². The predicted molar refractivity (Wildman–Crippen MR) is 126 cm³/mol. The lowest BCUT2D eigenvalue weighted by Gasteiger charge is -2.28. The Morgan fingerprint density at radius 2 is 1.56 bits per heavy atom. The Hall–Kier alpha value is -3.10. The number of carbonyl (C=O) groups excluding carboxylic acids is 4. The van der Waals surface area contributed by atoms with Crippen LogP contribution in [0.3, 0.4) is 0 Å². The molecule has 2 aliphatic rings. The molecule has 8 nitrogen and oxygen atoms in total. The molecule has 0 bridgehead atoms. The van der Waals surface area contributed by atoms with Crippen LogP contribution in [0.4, 0.5) is 11.4 Å². The lowest BCUT2D eigenvalue weighted by Crippen LogP contribution is -2.34. The second-order valence-electron chi connectivity index (χ2n) is 8.10. The Balaban J connectivity index is 1.37. The third-order valence-electron chi connectivity index (χ3n) is 5.99. The highest BCUT2D eigenvalue weighted by molar-refractivity contribution is 6.31. The van der Waals surface area contributed by atoms with Crippen molar-refractivity contribution in [1.29, 1.82) is 0 Å². The zero-order valence-electron chi connectivity index (χ0n) is 18.2. The van der Waals surface area contributed by atoms with Crippen LogP contribution in [0.2, 0.25) is 0 Å². The minimum Gasteiger partial charge on any atom is -0.495 e. The quantitative estimate of drug-likeness (QED) is 0.366. The van der Waals surface area contributed by atoms with Crippen molar-refractivity contribution in [2.75, 3.05) is 23.9 Å². The predicted octanol–water partition coefficient (Wildman–Crippen LogP) is 3.60. The first-order chi connectivity index (χ1) is 16.3. The van der Waals surface area contributed by atoms with E-state index in [0.717, 1.165) is 4.90 Å². The highest BCUT2D eigenvalue weighted by Crippen LogP contribution is 2.43. The summed E-state index contributed by atoms with van der Waals surface area (Å²) >= 11 is 12.4. The van der Waals surface area contributed by atoms with Gasteiger partial charge in [-0.3, -0.25) is 19.3 Å². The van der Waals surface area contributed by atoms with Gasteiger partial charge >= 0.3 is 5.97 Å². The number of alkyl halides is 2.